The molecule has 2 aromatic heterocycles. The summed E-state index contributed by atoms with van der Waals surface area (Å²) in [7, 11) is 0. The molecule has 5 heteroatoms. The molecule has 1 fully saturated rings. The quantitative estimate of drug-likeness (QED) is 0.908. The van der Waals surface area contributed by atoms with Crippen LogP contribution in [0.15, 0.2) is 6.07 Å². The van der Waals surface area contributed by atoms with Gasteiger partial charge in [-0.3, -0.25) is 0 Å². The van der Waals surface area contributed by atoms with Crippen molar-refractivity contribution in [3.05, 3.63) is 16.8 Å². The summed E-state index contributed by atoms with van der Waals surface area (Å²) in [6.07, 6.45) is 4.82. The van der Waals surface area contributed by atoms with Crippen LogP contribution >= 0.6 is 23.1 Å². The van der Waals surface area contributed by atoms with Gasteiger partial charge >= 0.3 is 0 Å². The summed E-state index contributed by atoms with van der Waals surface area (Å²) in [6.45, 7) is 2.16. The van der Waals surface area contributed by atoms with Crippen LogP contribution in [0.3, 0.4) is 0 Å². The Hall–Kier alpha value is -0.810. The fourth-order valence-electron chi connectivity index (χ4n) is 2.27. The third-order valence-corrected chi connectivity index (χ3v) is 5.85. The number of fused-ring (bicyclic) bond motifs is 1. The minimum Gasteiger partial charge on any atom is -0.383 e. The van der Waals surface area contributed by atoms with Gasteiger partial charge in [-0.25, -0.2) is 9.97 Å². The topological polar surface area (TPSA) is 51.8 Å². The van der Waals surface area contributed by atoms with Crippen LogP contribution in [0.5, 0.6) is 0 Å². The van der Waals surface area contributed by atoms with Crippen molar-refractivity contribution in [1.82, 2.24) is 9.97 Å². The highest BCUT2D eigenvalue weighted by Gasteiger charge is 2.20. The molecule has 1 aliphatic heterocycles. The van der Waals surface area contributed by atoms with Crippen molar-refractivity contribution in [2.24, 2.45) is 0 Å². The van der Waals surface area contributed by atoms with Crippen molar-refractivity contribution >= 4 is 39.1 Å². The van der Waals surface area contributed by atoms with Gasteiger partial charge in [0.05, 0.1) is 10.6 Å². The van der Waals surface area contributed by atoms with Crippen molar-refractivity contribution in [3.8, 4) is 0 Å². The number of aryl methyl sites for hydroxylation is 1. The van der Waals surface area contributed by atoms with Gasteiger partial charge in [0.1, 0.15) is 16.5 Å². The Kier molecular flexibility index (Phi) is 3.43. The summed E-state index contributed by atoms with van der Waals surface area (Å²) in [4.78, 5) is 11.6. The lowest BCUT2D eigenvalue weighted by Crippen LogP contribution is -2.08. The van der Waals surface area contributed by atoms with E-state index in [1.54, 1.807) is 11.3 Å². The highest BCUT2D eigenvalue weighted by molar-refractivity contribution is 7.99. The zero-order chi connectivity index (χ0) is 12.5. The molecule has 0 bridgehead atoms. The van der Waals surface area contributed by atoms with Gasteiger partial charge < -0.3 is 5.73 Å². The Labute approximate surface area is 115 Å². The minimum absolute atomic E-state index is 0.442. The molecule has 0 amide bonds. The Balaban J connectivity index is 2.02. The molecule has 96 valence electrons. The molecule has 2 N–H and O–H groups in total. The molecule has 0 saturated carbocycles. The van der Waals surface area contributed by atoms with E-state index >= 15 is 0 Å². The predicted molar refractivity (Wildman–Crippen MR) is 80.3 cm³/mol. The highest BCUT2D eigenvalue weighted by atomic mass is 32.2. The van der Waals surface area contributed by atoms with Crippen LogP contribution in [0.1, 0.15) is 42.1 Å². The molecule has 1 saturated heterocycles. The molecule has 3 nitrogen and oxygen atoms in total. The van der Waals surface area contributed by atoms with Gasteiger partial charge in [0.25, 0.3) is 0 Å². The lowest BCUT2D eigenvalue weighted by atomic mass is 10.2. The average molecular weight is 279 g/mol. The van der Waals surface area contributed by atoms with Crippen molar-refractivity contribution in [1.29, 1.82) is 0 Å². The molecule has 18 heavy (non-hydrogen) atoms. The van der Waals surface area contributed by atoms with Gasteiger partial charge in [-0.15, -0.1) is 11.3 Å². The summed E-state index contributed by atoms with van der Waals surface area (Å²) in [6, 6.07) is 2.13. The van der Waals surface area contributed by atoms with Gasteiger partial charge in [-0.1, -0.05) is 13.3 Å². The van der Waals surface area contributed by atoms with Gasteiger partial charge in [0, 0.05) is 4.88 Å². The SMILES string of the molecule is CCc1cc2c(N)nc(C3CCCCS3)nc2s1. The van der Waals surface area contributed by atoms with Gasteiger partial charge in [-0.05, 0) is 31.1 Å². The average Bonchev–Trinajstić information content (AvgIpc) is 2.83. The van der Waals surface area contributed by atoms with Crippen LogP contribution in [0.2, 0.25) is 0 Å². The number of rotatable bonds is 2. The molecule has 1 aliphatic rings. The maximum absolute atomic E-state index is 6.08. The van der Waals surface area contributed by atoms with Gasteiger partial charge in [0.2, 0.25) is 0 Å². The normalized spacial score (nSPS) is 20.4. The zero-order valence-corrected chi connectivity index (χ0v) is 12.1. The number of anilines is 1. The van der Waals surface area contributed by atoms with Crippen LogP contribution in [-0.2, 0) is 6.42 Å². The largest absolute Gasteiger partial charge is 0.383 e. The van der Waals surface area contributed by atoms with Crippen LogP contribution in [0.4, 0.5) is 5.82 Å². The molecular formula is C13H17N3S2. The van der Waals surface area contributed by atoms with Crippen LogP contribution in [-0.4, -0.2) is 15.7 Å². The lowest BCUT2D eigenvalue weighted by molar-refractivity contribution is 0.665. The van der Waals surface area contributed by atoms with Crippen molar-refractivity contribution < 1.29 is 0 Å². The molecule has 0 aliphatic carbocycles. The van der Waals surface area contributed by atoms with E-state index < -0.39 is 0 Å². The monoisotopic (exact) mass is 279 g/mol. The first kappa shape index (κ1) is 12.2. The smallest absolute Gasteiger partial charge is 0.145 e. The number of nitrogens with zero attached hydrogens (tertiary/aromatic N) is 2. The van der Waals surface area contributed by atoms with E-state index in [-0.39, 0.29) is 0 Å². The summed E-state index contributed by atoms with van der Waals surface area (Å²) >= 11 is 3.72. The van der Waals surface area contributed by atoms with E-state index in [0.29, 0.717) is 11.1 Å². The summed E-state index contributed by atoms with van der Waals surface area (Å²) in [5.41, 5.74) is 6.08. The van der Waals surface area contributed by atoms with Gasteiger partial charge in [-0.2, -0.15) is 11.8 Å². The first-order chi connectivity index (χ1) is 8.78. The maximum atomic E-state index is 6.08. The number of hydrogen-bond acceptors (Lipinski definition) is 5. The predicted octanol–water partition coefficient (Wildman–Crippen LogP) is 3.79. The number of thiophene rings is 1. The third kappa shape index (κ3) is 2.21. The van der Waals surface area contributed by atoms with Crippen LogP contribution in [0.25, 0.3) is 10.2 Å². The van der Waals surface area contributed by atoms with Crippen LogP contribution < -0.4 is 5.73 Å². The first-order valence-electron chi connectivity index (χ1n) is 6.45. The van der Waals surface area contributed by atoms with E-state index in [0.717, 1.165) is 22.5 Å². The molecule has 0 radical (unpaired) electrons. The fourth-order valence-corrected chi connectivity index (χ4v) is 4.50. The Bertz CT molecular complexity index is 559. The number of nitrogens with two attached hydrogens (primary N) is 1. The summed E-state index contributed by atoms with van der Waals surface area (Å²) in [5.74, 6) is 2.81. The Morgan fingerprint density at radius 1 is 1.39 bits per heavy atom. The van der Waals surface area contributed by atoms with Crippen molar-refractivity contribution in [3.63, 3.8) is 0 Å². The van der Waals surface area contributed by atoms with E-state index in [2.05, 4.69) is 18.0 Å². The van der Waals surface area contributed by atoms with Crippen molar-refractivity contribution in [2.45, 2.75) is 37.9 Å². The number of thioether (sulfide) groups is 1. The summed E-state index contributed by atoms with van der Waals surface area (Å²) in [5, 5.41) is 1.47. The second kappa shape index (κ2) is 5.05. The zero-order valence-electron chi connectivity index (χ0n) is 10.5. The minimum atomic E-state index is 0.442. The molecule has 3 heterocycles. The molecule has 2 aromatic rings. The molecule has 3 rings (SSSR count). The second-order valence-electron chi connectivity index (χ2n) is 4.61. The second-order valence-corrected chi connectivity index (χ2v) is 7.03. The van der Waals surface area contributed by atoms with E-state index in [1.165, 1.54) is 29.9 Å². The van der Waals surface area contributed by atoms with Gasteiger partial charge in [0.15, 0.2) is 0 Å². The third-order valence-electron chi connectivity index (χ3n) is 3.31. The standard InChI is InChI=1S/C13H17N3S2/c1-2-8-7-9-11(14)15-12(16-13(9)18-8)10-5-3-4-6-17-10/h7,10H,2-6H2,1H3,(H2,14,15,16). The molecule has 1 atom stereocenters. The number of hydrogen-bond donors (Lipinski definition) is 1. The number of aromatic nitrogens is 2. The fraction of sp³-hybridized carbons (Fsp3) is 0.538. The highest BCUT2D eigenvalue weighted by Crippen LogP contribution is 2.38. The molecule has 0 aromatic carbocycles. The Morgan fingerprint density at radius 2 is 2.28 bits per heavy atom. The summed E-state index contributed by atoms with van der Waals surface area (Å²) < 4.78 is 0. The first-order valence-corrected chi connectivity index (χ1v) is 8.32. The molecule has 1 unspecified atom stereocenters. The lowest BCUT2D eigenvalue weighted by Gasteiger charge is -2.19. The van der Waals surface area contributed by atoms with E-state index in [9.17, 15) is 0 Å². The molecular weight excluding hydrogens is 262 g/mol. The number of nitrogen functional groups attached to an aromatic ring is 1. The van der Waals surface area contributed by atoms with E-state index in [1.807, 2.05) is 11.8 Å². The maximum Gasteiger partial charge on any atom is 0.145 e. The van der Waals surface area contributed by atoms with Crippen LogP contribution in [0, 0.1) is 0 Å². The molecule has 0 spiro atoms. The van der Waals surface area contributed by atoms with Crippen molar-refractivity contribution in [2.75, 3.05) is 11.5 Å². The Morgan fingerprint density at radius 3 is 3.00 bits per heavy atom. The van der Waals surface area contributed by atoms with E-state index in [4.69, 9.17) is 10.7 Å².